The Balaban J connectivity index is 1.75. The van der Waals surface area contributed by atoms with E-state index in [2.05, 4.69) is 9.97 Å². The first-order chi connectivity index (χ1) is 9.01. The number of amides is 2. The molecule has 1 spiro atoms. The molecular formula is C12H16N4O3. The minimum Gasteiger partial charge on any atom is -0.439 e. The molecule has 2 aliphatic heterocycles. The number of hydrogen-bond donors (Lipinski definition) is 1. The highest BCUT2D eigenvalue weighted by atomic mass is 16.6. The van der Waals surface area contributed by atoms with E-state index in [1.54, 1.807) is 16.8 Å². The first kappa shape index (κ1) is 12.0. The lowest BCUT2D eigenvalue weighted by molar-refractivity contribution is 0.0550. The zero-order valence-electron chi connectivity index (χ0n) is 11.0. The summed E-state index contributed by atoms with van der Waals surface area (Å²) in [5.74, 6) is -0.110. The van der Waals surface area contributed by atoms with E-state index in [1.807, 2.05) is 6.92 Å². The van der Waals surface area contributed by atoms with E-state index < -0.39 is 5.60 Å². The fourth-order valence-electron chi connectivity index (χ4n) is 2.75. The van der Waals surface area contributed by atoms with E-state index in [4.69, 9.17) is 4.74 Å². The molecule has 7 heteroatoms. The standard InChI is InChI=1S/C12H16N4O3/c1-8-9(14-7-13-8)10(17)16-4-3-12(6-16)5-15(2)11(18)19-12/h7H,3-6H2,1-2H3,(H,13,14)/t12-/m1/s1. The number of ether oxygens (including phenoxy) is 1. The van der Waals surface area contributed by atoms with Crippen LogP contribution in [-0.2, 0) is 4.74 Å². The van der Waals surface area contributed by atoms with Gasteiger partial charge in [-0.1, -0.05) is 0 Å². The predicted octanol–water partition coefficient (Wildman–Crippen LogP) is 0.385. The van der Waals surface area contributed by atoms with Crippen molar-refractivity contribution in [3.63, 3.8) is 0 Å². The Morgan fingerprint density at radius 2 is 2.32 bits per heavy atom. The van der Waals surface area contributed by atoms with Crippen molar-refractivity contribution in [3.05, 3.63) is 17.7 Å². The zero-order valence-corrected chi connectivity index (χ0v) is 11.0. The van der Waals surface area contributed by atoms with Gasteiger partial charge in [-0.2, -0.15) is 0 Å². The number of likely N-dealkylation sites (N-methyl/N-ethyl adjacent to an activating group) is 1. The molecule has 1 atom stereocenters. The van der Waals surface area contributed by atoms with Crippen LogP contribution in [-0.4, -0.2) is 64.1 Å². The monoisotopic (exact) mass is 264 g/mol. The number of aryl methyl sites for hydroxylation is 1. The fourth-order valence-corrected chi connectivity index (χ4v) is 2.75. The van der Waals surface area contributed by atoms with E-state index in [1.165, 1.54) is 6.33 Å². The number of aromatic amines is 1. The van der Waals surface area contributed by atoms with Gasteiger partial charge in [-0.25, -0.2) is 9.78 Å². The number of rotatable bonds is 1. The molecule has 7 nitrogen and oxygen atoms in total. The minimum absolute atomic E-state index is 0.110. The van der Waals surface area contributed by atoms with Gasteiger partial charge in [-0.05, 0) is 6.92 Å². The van der Waals surface area contributed by atoms with Crippen LogP contribution in [0, 0.1) is 6.92 Å². The molecule has 2 fully saturated rings. The summed E-state index contributed by atoms with van der Waals surface area (Å²) in [7, 11) is 1.71. The summed E-state index contributed by atoms with van der Waals surface area (Å²) in [5, 5.41) is 0. The number of hydrogen-bond acceptors (Lipinski definition) is 4. The van der Waals surface area contributed by atoms with Crippen molar-refractivity contribution in [3.8, 4) is 0 Å². The van der Waals surface area contributed by atoms with Crippen LogP contribution in [0.3, 0.4) is 0 Å². The molecule has 0 bridgehead atoms. The number of likely N-dealkylation sites (tertiary alicyclic amines) is 1. The van der Waals surface area contributed by atoms with Crippen molar-refractivity contribution >= 4 is 12.0 Å². The van der Waals surface area contributed by atoms with Crippen LogP contribution < -0.4 is 0 Å². The van der Waals surface area contributed by atoms with Gasteiger partial charge in [0.05, 0.1) is 19.4 Å². The summed E-state index contributed by atoms with van der Waals surface area (Å²) in [6.45, 7) is 3.38. The van der Waals surface area contributed by atoms with Crippen molar-refractivity contribution in [1.29, 1.82) is 0 Å². The molecule has 2 saturated heterocycles. The Bertz CT molecular complexity index is 541. The van der Waals surface area contributed by atoms with E-state index in [9.17, 15) is 9.59 Å². The first-order valence-electron chi connectivity index (χ1n) is 6.24. The highest BCUT2D eigenvalue weighted by molar-refractivity contribution is 5.93. The maximum atomic E-state index is 12.3. The Hall–Kier alpha value is -2.05. The Labute approximate surface area is 110 Å². The molecule has 19 heavy (non-hydrogen) atoms. The minimum atomic E-state index is -0.536. The van der Waals surface area contributed by atoms with E-state index >= 15 is 0 Å². The molecule has 1 aromatic rings. The average Bonchev–Trinajstić information content (AvgIpc) is 3.01. The van der Waals surface area contributed by atoms with Gasteiger partial charge in [-0.3, -0.25) is 4.79 Å². The SMILES string of the molecule is Cc1[nH]cnc1C(=O)N1CC[C@@]2(CN(C)C(=O)O2)C1. The van der Waals surface area contributed by atoms with Crippen LogP contribution in [0.15, 0.2) is 6.33 Å². The maximum Gasteiger partial charge on any atom is 0.410 e. The van der Waals surface area contributed by atoms with E-state index in [0.29, 0.717) is 31.7 Å². The second-order valence-corrected chi connectivity index (χ2v) is 5.26. The number of carbonyl (C=O) groups excluding carboxylic acids is 2. The van der Waals surface area contributed by atoms with Crippen LogP contribution in [0.4, 0.5) is 4.79 Å². The molecule has 2 amide bonds. The second kappa shape index (κ2) is 3.97. The van der Waals surface area contributed by atoms with Crippen LogP contribution in [0.1, 0.15) is 22.6 Å². The second-order valence-electron chi connectivity index (χ2n) is 5.26. The van der Waals surface area contributed by atoms with Crippen LogP contribution in [0.25, 0.3) is 0 Å². The van der Waals surface area contributed by atoms with Gasteiger partial charge < -0.3 is 19.5 Å². The molecule has 0 unspecified atom stereocenters. The van der Waals surface area contributed by atoms with Crippen molar-refractivity contribution < 1.29 is 14.3 Å². The van der Waals surface area contributed by atoms with Crippen molar-refractivity contribution in [2.75, 3.05) is 26.7 Å². The number of nitrogens with zero attached hydrogens (tertiary/aromatic N) is 3. The van der Waals surface area contributed by atoms with Gasteiger partial charge >= 0.3 is 6.09 Å². The smallest absolute Gasteiger partial charge is 0.410 e. The van der Waals surface area contributed by atoms with E-state index in [-0.39, 0.29) is 12.0 Å². The molecule has 0 radical (unpaired) electrons. The lowest BCUT2D eigenvalue weighted by atomic mass is 10.0. The predicted molar refractivity (Wildman–Crippen MR) is 65.7 cm³/mol. The fraction of sp³-hybridized carbons (Fsp3) is 0.583. The topological polar surface area (TPSA) is 78.5 Å². The summed E-state index contributed by atoms with van der Waals surface area (Å²) in [6.07, 6.45) is 1.88. The third-order valence-corrected chi connectivity index (χ3v) is 3.78. The highest BCUT2D eigenvalue weighted by Gasteiger charge is 2.49. The third kappa shape index (κ3) is 1.85. The summed E-state index contributed by atoms with van der Waals surface area (Å²) < 4.78 is 5.41. The molecule has 2 aliphatic rings. The Morgan fingerprint density at radius 3 is 2.89 bits per heavy atom. The van der Waals surface area contributed by atoms with Gasteiger partial charge in [0.1, 0.15) is 5.69 Å². The molecular weight excluding hydrogens is 248 g/mol. The van der Waals surface area contributed by atoms with Crippen molar-refractivity contribution in [2.45, 2.75) is 18.9 Å². The summed E-state index contributed by atoms with van der Waals surface area (Å²) >= 11 is 0. The van der Waals surface area contributed by atoms with Crippen LogP contribution in [0.2, 0.25) is 0 Å². The third-order valence-electron chi connectivity index (χ3n) is 3.78. The van der Waals surface area contributed by atoms with Gasteiger partial charge in [0.15, 0.2) is 5.60 Å². The van der Waals surface area contributed by atoms with Gasteiger partial charge in [-0.15, -0.1) is 0 Å². The largest absolute Gasteiger partial charge is 0.439 e. The molecule has 1 N–H and O–H groups in total. The lowest BCUT2D eigenvalue weighted by Crippen LogP contribution is -2.39. The Morgan fingerprint density at radius 1 is 1.53 bits per heavy atom. The van der Waals surface area contributed by atoms with E-state index in [0.717, 1.165) is 5.69 Å². The van der Waals surface area contributed by atoms with Gasteiger partial charge in [0.25, 0.3) is 5.91 Å². The molecule has 0 saturated carbocycles. The molecule has 3 rings (SSSR count). The summed E-state index contributed by atoms with van der Waals surface area (Å²) in [4.78, 5) is 34.0. The first-order valence-corrected chi connectivity index (χ1v) is 6.24. The number of imidazole rings is 1. The molecule has 102 valence electrons. The maximum absolute atomic E-state index is 12.3. The summed E-state index contributed by atoms with van der Waals surface area (Å²) in [6, 6.07) is 0. The number of H-pyrrole nitrogens is 1. The van der Waals surface area contributed by atoms with Crippen LogP contribution in [0.5, 0.6) is 0 Å². The zero-order chi connectivity index (χ0) is 13.6. The normalized spacial score (nSPS) is 26.3. The lowest BCUT2D eigenvalue weighted by Gasteiger charge is -2.21. The molecule has 1 aromatic heterocycles. The average molecular weight is 264 g/mol. The quantitative estimate of drug-likeness (QED) is 0.795. The number of aromatic nitrogens is 2. The van der Waals surface area contributed by atoms with Gasteiger partial charge in [0.2, 0.25) is 0 Å². The molecule has 0 aliphatic carbocycles. The Kier molecular flexibility index (Phi) is 2.51. The van der Waals surface area contributed by atoms with Crippen molar-refractivity contribution in [2.24, 2.45) is 0 Å². The van der Waals surface area contributed by atoms with Crippen molar-refractivity contribution in [1.82, 2.24) is 19.8 Å². The number of carbonyl (C=O) groups is 2. The molecule has 0 aromatic carbocycles. The number of nitrogens with one attached hydrogen (secondary N) is 1. The highest BCUT2D eigenvalue weighted by Crippen LogP contribution is 2.32. The molecule has 3 heterocycles. The van der Waals surface area contributed by atoms with Crippen LogP contribution >= 0.6 is 0 Å². The summed E-state index contributed by atoms with van der Waals surface area (Å²) in [5.41, 5.74) is 0.660. The van der Waals surface area contributed by atoms with Gasteiger partial charge in [0, 0.05) is 25.7 Å².